The van der Waals surface area contributed by atoms with Crippen molar-refractivity contribution >= 4 is 21.9 Å². The van der Waals surface area contributed by atoms with E-state index in [2.05, 4.69) is 23.2 Å². The molecule has 0 fully saturated rings. The second kappa shape index (κ2) is 4.88. The van der Waals surface area contributed by atoms with Gasteiger partial charge in [0.1, 0.15) is 11.3 Å². The van der Waals surface area contributed by atoms with Gasteiger partial charge in [-0.15, -0.1) is 0 Å². The summed E-state index contributed by atoms with van der Waals surface area (Å²) in [5.41, 5.74) is 3.71. The Balaban J connectivity index is 2.26. The van der Waals surface area contributed by atoms with E-state index in [1.807, 2.05) is 43.3 Å². The number of aromatic nitrogens is 1. The molecule has 1 aromatic heterocycles. The molecule has 0 bridgehead atoms. The van der Waals surface area contributed by atoms with Crippen molar-refractivity contribution in [3.05, 3.63) is 60.5 Å². The average Bonchev–Trinajstić information content (AvgIpc) is 2.95. The third-order valence-corrected chi connectivity index (χ3v) is 3.88. The highest BCUT2D eigenvalue weighted by Crippen LogP contribution is 2.43. The van der Waals surface area contributed by atoms with E-state index in [1.54, 1.807) is 7.11 Å². The first-order chi connectivity index (χ1) is 10.8. The first kappa shape index (κ1) is 12.9. The number of benzene rings is 3. The quantitative estimate of drug-likeness (QED) is 0.523. The largest absolute Gasteiger partial charge is 0.495 e. The second-order valence-electron chi connectivity index (χ2n) is 5.23. The molecular weight excluding hydrogens is 274 g/mol. The zero-order valence-corrected chi connectivity index (χ0v) is 12.5. The molecule has 0 aliphatic heterocycles. The van der Waals surface area contributed by atoms with Gasteiger partial charge in [0.15, 0.2) is 11.5 Å². The van der Waals surface area contributed by atoms with Gasteiger partial charge >= 0.3 is 0 Å². The van der Waals surface area contributed by atoms with Crippen LogP contribution in [0.4, 0.5) is 0 Å². The monoisotopic (exact) mass is 289 g/mol. The maximum absolute atomic E-state index is 5.88. The van der Waals surface area contributed by atoms with Crippen molar-refractivity contribution in [3.63, 3.8) is 0 Å². The lowest BCUT2D eigenvalue weighted by Gasteiger charge is -2.12. The molecule has 0 atom stereocenters. The fourth-order valence-corrected chi connectivity index (χ4v) is 2.99. The fraction of sp³-hybridized carbons (Fsp3) is 0.105. The smallest absolute Gasteiger partial charge is 0.192 e. The van der Waals surface area contributed by atoms with E-state index in [0.717, 1.165) is 38.7 Å². The molecule has 0 N–H and O–H groups in total. The van der Waals surface area contributed by atoms with Crippen LogP contribution in [0.15, 0.2) is 59.0 Å². The number of hydrogen-bond donors (Lipinski definition) is 0. The lowest BCUT2D eigenvalue weighted by Crippen LogP contribution is -1.92. The van der Waals surface area contributed by atoms with Crippen LogP contribution in [-0.2, 0) is 0 Å². The van der Waals surface area contributed by atoms with E-state index in [-0.39, 0.29) is 0 Å². The Morgan fingerprint density at radius 3 is 2.32 bits per heavy atom. The summed E-state index contributed by atoms with van der Waals surface area (Å²) in [5.74, 6) is 1.49. The summed E-state index contributed by atoms with van der Waals surface area (Å²) in [7, 11) is 1.70. The summed E-state index contributed by atoms with van der Waals surface area (Å²) in [6.45, 7) is 1.87. The number of hydrogen-bond acceptors (Lipinski definition) is 3. The highest BCUT2D eigenvalue weighted by molar-refractivity contribution is 6.14. The SMILES string of the molecule is COc1c(-c2ccccc2)c2nc(C)oc2c2ccccc12. The number of aryl methyl sites for hydroxylation is 1. The highest BCUT2D eigenvalue weighted by Gasteiger charge is 2.20. The van der Waals surface area contributed by atoms with Gasteiger partial charge in [-0.3, -0.25) is 0 Å². The van der Waals surface area contributed by atoms with Gasteiger partial charge in [-0.05, 0) is 5.56 Å². The number of oxazole rings is 1. The third-order valence-electron chi connectivity index (χ3n) is 3.88. The normalized spacial score (nSPS) is 11.2. The van der Waals surface area contributed by atoms with Crippen LogP contribution >= 0.6 is 0 Å². The minimum Gasteiger partial charge on any atom is -0.495 e. The van der Waals surface area contributed by atoms with Crippen LogP contribution < -0.4 is 4.74 Å². The van der Waals surface area contributed by atoms with Crippen molar-refractivity contribution in [3.8, 4) is 16.9 Å². The van der Waals surface area contributed by atoms with Gasteiger partial charge in [0.25, 0.3) is 0 Å². The molecule has 0 saturated heterocycles. The van der Waals surface area contributed by atoms with Crippen LogP contribution in [0.5, 0.6) is 5.75 Å². The molecule has 0 spiro atoms. The van der Waals surface area contributed by atoms with Crippen molar-refractivity contribution in [2.75, 3.05) is 7.11 Å². The third kappa shape index (κ3) is 1.79. The Labute approximate surface area is 128 Å². The molecule has 108 valence electrons. The average molecular weight is 289 g/mol. The van der Waals surface area contributed by atoms with E-state index in [0.29, 0.717) is 5.89 Å². The molecule has 3 nitrogen and oxygen atoms in total. The van der Waals surface area contributed by atoms with Gasteiger partial charge in [0.2, 0.25) is 0 Å². The fourth-order valence-electron chi connectivity index (χ4n) is 2.99. The van der Waals surface area contributed by atoms with Gasteiger partial charge in [0, 0.05) is 17.7 Å². The Kier molecular flexibility index (Phi) is 2.86. The first-order valence-electron chi connectivity index (χ1n) is 7.21. The summed E-state index contributed by atoms with van der Waals surface area (Å²) in [6.07, 6.45) is 0. The van der Waals surface area contributed by atoms with Crippen LogP contribution in [0.25, 0.3) is 33.0 Å². The number of ether oxygens (including phenoxy) is 1. The van der Waals surface area contributed by atoms with Gasteiger partial charge in [-0.2, -0.15) is 0 Å². The van der Waals surface area contributed by atoms with Crippen LogP contribution in [0, 0.1) is 6.92 Å². The van der Waals surface area contributed by atoms with E-state index in [1.165, 1.54) is 0 Å². The molecule has 0 aliphatic rings. The molecule has 3 aromatic carbocycles. The number of fused-ring (bicyclic) bond motifs is 3. The van der Waals surface area contributed by atoms with Crippen LogP contribution in [0.3, 0.4) is 0 Å². The van der Waals surface area contributed by atoms with Gasteiger partial charge in [-0.25, -0.2) is 4.98 Å². The Morgan fingerprint density at radius 2 is 1.59 bits per heavy atom. The maximum atomic E-state index is 5.88. The van der Waals surface area contributed by atoms with E-state index < -0.39 is 0 Å². The molecule has 0 unspecified atom stereocenters. The Hall–Kier alpha value is -2.81. The summed E-state index contributed by atoms with van der Waals surface area (Å²) >= 11 is 0. The molecule has 4 rings (SSSR count). The molecular formula is C19H15NO2. The Morgan fingerprint density at radius 1 is 0.909 bits per heavy atom. The highest BCUT2D eigenvalue weighted by atomic mass is 16.5. The predicted molar refractivity (Wildman–Crippen MR) is 88.2 cm³/mol. The first-order valence-corrected chi connectivity index (χ1v) is 7.21. The van der Waals surface area contributed by atoms with Crippen molar-refractivity contribution in [2.24, 2.45) is 0 Å². The van der Waals surface area contributed by atoms with Crippen molar-refractivity contribution in [2.45, 2.75) is 6.92 Å². The van der Waals surface area contributed by atoms with E-state index >= 15 is 0 Å². The number of methoxy groups -OCH3 is 1. The van der Waals surface area contributed by atoms with E-state index in [4.69, 9.17) is 9.15 Å². The standard InChI is InChI=1S/C19H15NO2/c1-12-20-17-16(13-8-4-3-5-9-13)18(21-2)14-10-6-7-11-15(14)19(17)22-12/h3-11H,1-2H3. The molecule has 4 aromatic rings. The number of rotatable bonds is 2. The minimum atomic E-state index is 0.658. The molecule has 0 amide bonds. The molecule has 1 heterocycles. The number of nitrogens with zero attached hydrogens (tertiary/aromatic N) is 1. The predicted octanol–water partition coefficient (Wildman–Crippen LogP) is 4.97. The zero-order valence-electron chi connectivity index (χ0n) is 12.5. The lowest BCUT2D eigenvalue weighted by atomic mass is 9.98. The summed E-state index contributed by atoms with van der Waals surface area (Å²) < 4.78 is 11.6. The van der Waals surface area contributed by atoms with Gasteiger partial charge < -0.3 is 9.15 Å². The lowest BCUT2D eigenvalue weighted by molar-refractivity contribution is 0.421. The molecule has 0 radical (unpaired) electrons. The zero-order chi connectivity index (χ0) is 15.1. The van der Waals surface area contributed by atoms with Crippen molar-refractivity contribution < 1.29 is 9.15 Å². The van der Waals surface area contributed by atoms with Crippen LogP contribution in [0.2, 0.25) is 0 Å². The molecule has 22 heavy (non-hydrogen) atoms. The van der Waals surface area contributed by atoms with Crippen molar-refractivity contribution in [1.29, 1.82) is 0 Å². The van der Waals surface area contributed by atoms with Crippen LogP contribution in [-0.4, -0.2) is 12.1 Å². The summed E-state index contributed by atoms with van der Waals surface area (Å²) in [5, 5.41) is 2.06. The molecule has 3 heteroatoms. The van der Waals surface area contributed by atoms with Gasteiger partial charge in [0.05, 0.1) is 12.7 Å². The maximum Gasteiger partial charge on any atom is 0.192 e. The molecule has 0 aliphatic carbocycles. The summed E-state index contributed by atoms with van der Waals surface area (Å²) in [6, 6.07) is 18.3. The van der Waals surface area contributed by atoms with E-state index in [9.17, 15) is 0 Å². The summed E-state index contributed by atoms with van der Waals surface area (Å²) in [4.78, 5) is 4.60. The minimum absolute atomic E-state index is 0.658. The second-order valence-corrected chi connectivity index (χ2v) is 5.23. The van der Waals surface area contributed by atoms with Crippen molar-refractivity contribution in [1.82, 2.24) is 4.98 Å². The van der Waals surface area contributed by atoms with Gasteiger partial charge in [-0.1, -0.05) is 54.6 Å². The molecule has 0 saturated carbocycles. The van der Waals surface area contributed by atoms with Crippen LogP contribution in [0.1, 0.15) is 5.89 Å². The topological polar surface area (TPSA) is 35.3 Å². The Bertz CT molecular complexity index is 971.